The topological polar surface area (TPSA) is 55.1 Å². The van der Waals surface area contributed by atoms with E-state index in [2.05, 4.69) is 27.3 Å². The van der Waals surface area contributed by atoms with E-state index in [-0.39, 0.29) is 11.7 Å². The van der Waals surface area contributed by atoms with Gasteiger partial charge in [-0.3, -0.25) is 4.79 Å². The smallest absolute Gasteiger partial charge is 0.291 e. The Morgan fingerprint density at radius 1 is 1.16 bits per heavy atom. The third-order valence-electron chi connectivity index (χ3n) is 3.81. The van der Waals surface area contributed by atoms with Gasteiger partial charge in [0.1, 0.15) is 5.01 Å². The van der Waals surface area contributed by atoms with Gasteiger partial charge in [0.2, 0.25) is 0 Å². The molecule has 0 saturated heterocycles. The quantitative estimate of drug-likeness (QED) is 0.456. The minimum atomic E-state index is -0.280. The Bertz CT molecular complexity index is 1050. The number of fused-ring (bicyclic) bond motifs is 1. The number of rotatable bonds is 3. The lowest BCUT2D eigenvalue weighted by Crippen LogP contribution is -2.10. The monoisotopic (exact) mass is 412 g/mol. The molecular weight excluding hydrogens is 400 g/mol. The fourth-order valence-corrected chi connectivity index (χ4v) is 3.96. The standard InChI is InChI=1S/C19H13BrN2O2S/c1-11-10-12(21-18(23)15-8-9-17(20)24-15)6-7-13(11)19-22-14-4-2-3-5-16(14)25-19/h2-10H,1H3,(H,21,23). The number of carbonyl (C=O) groups excluding carboxylic acids is 1. The molecule has 0 radical (unpaired) electrons. The van der Waals surface area contributed by atoms with E-state index in [0.717, 1.165) is 32.0 Å². The van der Waals surface area contributed by atoms with Gasteiger partial charge in [0.15, 0.2) is 10.4 Å². The van der Waals surface area contributed by atoms with E-state index in [9.17, 15) is 4.79 Å². The Labute approximate surface area is 156 Å². The predicted molar refractivity (Wildman–Crippen MR) is 104 cm³/mol. The molecule has 6 heteroatoms. The number of amides is 1. The number of aryl methyl sites for hydroxylation is 1. The number of anilines is 1. The van der Waals surface area contributed by atoms with Crippen LogP contribution in [-0.2, 0) is 0 Å². The molecule has 0 saturated carbocycles. The molecule has 4 nitrogen and oxygen atoms in total. The molecule has 4 rings (SSSR count). The van der Waals surface area contributed by atoms with Gasteiger partial charge in [-0.15, -0.1) is 11.3 Å². The first-order valence-corrected chi connectivity index (χ1v) is 9.24. The van der Waals surface area contributed by atoms with Crippen LogP contribution in [0.25, 0.3) is 20.8 Å². The van der Waals surface area contributed by atoms with Crippen molar-refractivity contribution in [2.45, 2.75) is 6.92 Å². The van der Waals surface area contributed by atoms with Crippen molar-refractivity contribution < 1.29 is 9.21 Å². The highest BCUT2D eigenvalue weighted by Gasteiger charge is 2.13. The molecule has 1 N–H and O–H groups in total. The zero-order valence-corrected chi connectivity index (χ0v) is 15.6. The van der Waals surface area contributed by atoms with Gasteiger partial charge in [0, 0.05) is 11.3 Å². The summed E-state index contributed by atoms with van der Waals surface area (Å²) in [4.78, 5) is 16.9. The van der Waals surface area contributed by atoms with Crippen LogP contribution in [0.1, 0.15) is 16.1 Å². The van der Waals surface area contributed by atoms with E-state index in [1.807, 2.05) is 43.3 Å². The Morgan fingerprint density at radius 3 is 2.72 bits per heavy atom. The SMILES string of the molecule is Cc1cc(NC(=O)c2ccc(Br)o2)ccc1-c1nc2ccccc2s1. The highest BCUT2D eigenvalue weighted by atomic mass is 79.9. The molecular formula is C19H13BrN2O2S. The second-order valence-corrected chi connectivity index (χ2v) is 7.39. The number of nitrogens with one attached hydrogen (secondary N) is 1. The van der Waals surface area contributed by atoms with Gasteiger partial charge in [-0.05, 0) is 70.9 Å². The maximum absolute atomic E-state index is 12.2. The van der Waals surface area contributed by atoms with Gasteiger partial charge >= 0.3 is 0 Å². The summed E-state index contributed by atoms with van der Waals surface area (Å²) in [7, 11) is 0. The molecule has 0 aliphatic carbocycles. The number of thiazole rings is 1. The second kappa shape index (κ2) is 6.46. The number of aromatic nitrogens is 1. The first-order valence-electron chi connectivity index (χ1n) is 7.63. The Hall–Kier alpha value is -2.44. The number of hydrogen-bond acceptors (Lipinski definition) is 4. The molecule has 124 valence electrons. The van der Waals surface area contributed by atoms with Crippen LogP contribution in [0.3, 0.4) is 0 Å². The zero-order chi connectivity index (χ0) is 17.4. The largest absolute Gasteiger partial charge is 0.444 e. The molecule has 2 aromatic carbocycles. The summed E-state index contributed by atoms with van der Waals surface area (Å²) in [5.74, 6) is -0.0161. The van der Waals surface area contributed by atoms with Crippen molar-refractivity contribution in [2.75, 3.05) is 5.32 Å². The summed E-state index contributed by atoms with van der Waals surface area (Å²) in [6.45, 7) is 2.01. The summed E-state index contributed by atoms with van der Waals surface area (Å²) < 4.78 is 6.96. The summed E-state index contributed by atoms with van der Waals surface area (Å²) in [5.41, 5.74) is 3.85. The van der Waals surface area contributed by atoms with Crippen molar-refractivity contribution >= 4 is 49.1 Å². The van der Waals surface area contributed by atoms with Gasteiger partial charge < -0.3 is 9.73 Å². The van der Waals surface area contributed by atoms with Crippen LogP contribution in [0.5, 0.6) is 0 Å². The lowest BCUT2D eigenvalue weighted by molar-refractivity contribution is 0.0995. The number of furan rings is 1. The minimum Gasteiger partial charge on any atom is -0.444 e. The van der Waals surface area contributed by atoms with Crippen LogP contribution in [0.15, 0.2) is 63.7 Å². The maximum atomic E-state index is 12.2. The van der Waals surface area contributed by atoms with Gasteiger partial charge in [-0.2, -0.15) is 0 Å². The van der Waals surface area contributed by atoms with Gasteiger partial charge in [-0.1, -0.05) is 12.1 Å². The predicted octanol–water partition coefficient (Wildman–Crippen LogP) is 5.88. The van der Waals surface area contributed by atoms with Crippen LogP contribution < -0.4 is 5.32 Å². The van der Waals surface area contributed by atoms with E-state index in [1.165, 1.54) is 0 Å². The normalized spacial score (nSPS) is 11.0. The number of benzene rings is 2. The maximum Gasteiger partial charge on any atom is 0.291 e. The number of carbonyl (C=O) groups is 1. The van der Waals surface area contributed by atoms with Gasteiger partial charge in [0.25, 0.3) is 5.91 Å². The van der Waals surface area contributed by atoms with Crippen molar-refractivity contribution in [2.24, 2.45) is 0 Å². The summed E-state index contributed by atoms with van der Waals surface area (Å²) in [6.07, 6.45) is 0. The van der Waals surface area contributed by atoms with Crippen molar-refractivity contribution in [3.8, 4) is 10.6 Å². The Balaban J connectivity index is 1.61. The summed E-state index contributed by atoms with van der Waals surface area (Å²) in [6, 6.07) is 17.2. The van der Waals surface area contributed by atoms with Crippen molar-refractivity contribution in [3.05, 3.63) is 70.6 Å². The molecule has 0 atom stereocenters. The van der Waals surface area contributed by atoms with E-state index >= 15 is 0 Å². The highest BCUT2D eigenvalue weighted by molar-refractivity contribution is 9.10. The van der Waals surface area contributed by atoms with Crippen LogP contribution in [0, 0.1) is 6.92 Å². The number of hydrogen-bond donors (Lipinski definition) is 1. The van der Waals surface area contributed by atoms with Crippen LogP contribution >= 0.6 is 27.3 Å². The molecule has 0 unspecified atom stereocenters. The zero-order valence-electron chi connectivity index (χ0n) is 13.2. The first-order chi connectivity index (χ1) is 12.1. The Morgan fingerprint density at radius 2 is 2.00 bits per heavy atom. The summed E-state index contributed by atoms with van der Waals surface area (Å²) >= 11 is 4.86. The molecule has 25 heavy (non-hydrogen) atoms. The van der Waals surface area contributed by atoms with Crippen molar-refractivity contribution in [1.82, 2.24) is 4.98 Å². The second-order valence-electron chi connectivity index (χ2n) is 5.57. The van der Waals surface area contributed by atoms with Gasteiger partial charge in [-0.25, -0.2) is 4.98 Å². The summed E-state index contributed by atoms with van der Waals surface area (Å²) in [5, 5.41) is 3.83. The van der Waals surface area contributed by atoms with Crippen molar-refractivity contribution in [1.29, 1.82) is 0 Å². The first kappa shape index (κ1) is 16.1. The molecule has 0 spiro atoms. The third-order valence-corrected chi connectivity index (χ3v) is 5.30. The average molecular weight is 413 g/mol. The van der Waals surface area contributed by atoms with Gasteiger partial charge in [0.05, 0.1) is 10.2 Å². The lowest BCUT2D eigenvalue weighted by atomic mass is 10.1. The molecule has 0 aliphatic heterocycles. The van der Waals surface area contributed by atoms with Crippen LogP contribution in [-0.4, -0.2) is 10.9 Å². The fourth-order valence-electron chi connectivity index (χ4n) is 2.60. The van der Waals surface area contributed by atoms with E-state index in [4.69, 9.17) is 9.40 Å². The third kappa shape index (κ3) is 3.23. The van der Waals surface area contributed by atoms with E-state index in [1.54, 1.807) is 23.5 Å². The number of halogens is 1. The molecule has 1 amide bonds. The molecule has 4 aromatic rings. The molecule has 2 heterocycles. The number of nitrogens with zero attached hydrogens (tertiary/aromatic N) is 1. The number of para-hydroxylation sites is 1. The molecule has 0 fully saturated rings. The highest BCUT2D eigenvalue weighted by Crippen LogP contribution is 2.33. The van der Waals surface area contributed by atoms with Crippen molar-refractivity contribution in [3.63, 3.8) is 0 Å². The molecule has 0 bridgehead atoms. The van der Waals surface area contributed by atoms with E-state index < -0.39 is 0 Å². The van der Waals surface area contributed by atoms with Crippen LogP contribution in [0.2, 0.25) is 0 Å². The fraction of sp³-hybridized carbons (Fsp3) is 0.0526. The van der Waals surface area contributed by atoms with E-state index in [0.29, 0.717) is 4.67 Å². The lowest BCUT2D eigenvalue weighted by Gasteiger charge is -2.07. The minimum absolute atomic E-state index is 0.264. The molecule has 2 aromatic heterocycles. The van der Waals surface area contributed by atoms with Crippen LogP contribution in [0.4, 0.5) is 5.69 Å². The Kier molecular flexibility index (Phi) is 4.15. The molecule has 0 aliphatic rings. The average Bonchev–Trinajstić information content (AvgIpc) is 3.21.